The Labute approximate surface area is 254 Å². The van der Waals surface area contributed by atoms with E-state index in [0.717, 1.165) is 27.8 Å². The van der Waals surface area contributed by atoms with Crippen LogP contribution in [-0.2, 0) is 9.53 Å². The van der Waals surface area contributed by atoms with Crippen LogP contribution >= 0.6 is 0 Å². The first-order valence-electron chi connectivity index (χ1n) is 14.5. The van der Waals surface area contributed by atoms with Crippen molar-refractivity contribution in [2.75, 3.05) is 31.2 Å². The quantitative estimate of drug-likeness (QED) is 0.241. The highest BCUT2D eigenvalue weighted by atomic mass is 16.5. The number of pyridine rings is 2. The lowest BCUT2D eigenvalue weighted by Crippen LogP contribution is -2.40. The van der Waals surface area contributed by atoms with Gasteiger partial charge in [0, 0.05) is 53.9 Å². The summed E-state index contributed by atoms with van der Waals surface area (Å²) in [6.07, 6.45) is 3.42. The van der Waals surface area contributed by atoms with E-state index in [0.29, 0.717) is 54.3 Å². The average molecular weight is 581 g/mol. The Morgan fingerprint density at radius 2 is 1.59 bits per heavy atom. The topological polar surface area (TPSA) is 92.7 Å². The lowest BCUT2D eigenvalue weighted by atomic mass is 9.94. The van der Waals surface area contributed by atoms with Crippen molar-refractivity contribution >= 4 is 40.3 Å². The van der Waals surface area contributed by atoms with Crippen molar-refractivity contribution in [2.24, 2.45) is 0 Å². The minimum Gasteiger partial charge on any atom is -0.378 e. The summed E-state index contributed by atoms with van der Waals surface area (Å²) in [6, 6.07) is 28.3. The molecule has 2 amide bonds. The maximum Gasteiger partial charge on any atom is 0.254 e. The molecule has 2 aliphatic rings. The molecule has 0 N–H and O–H groups in total. The number of fused-ring (bicyclic) bond motifs is 2. The van der Waals surface area contributed by atoms with E-state index in [2.05, 4.69) is 0 Å². The van der Waals surface area contributed by atoms with E-state index in [1.165, 1.54) is 11.8 Å². The van der Waals surface area contributed by atoms with Crippen LogP contribution in [0.25, 0.3) is 39.4 Å². The number of ketones is 1. The standard InChI is InChI=1S/C36H28N4O4/c1-23(41)40-32-12-6-5-10-28(32)35(42)33(40)22-26-21-29(27-11-7-15-37-34(27)24-8-3-2-4-9-24)30-20-25(13-14-31(30)38-26)36(43)39-16-18-44-19-17-39/h2-15,20-22H,16-19H2,1H3. The normalized spacial score (nSPS) is 15.6. The number of hydrogen-bond donors (Lipinski definition) is 0. The van der Waals surface area contributed by atoms with Crippen LogP contribution in [0.2, 0.25) is 0 Å². The average Bonchev–Trinajstić information content (AvgIpc) is 3.35. The molecule has 0 atom stereocenters. The first-order chi connectivity index (χ1) is 21.5. The van der Waals surface area contributed by atoms with Gasteiger partial charge in [-0.05, 0) is 54.1 Å². The van der Waals surface area contributed by atoms with Crippen molar-refractivity contribution in [3.05, 3.63) is 120 Å². The predicted molar refractivity (Wildman–Crippen MR) is 169 cm³/mol. The van der Waals surface area contributed by atoms with E-state index in [1.807, 2.05) is 60.7 Å². The molecule has 8 heteroatoms. The number of Topliss-reactive ketones (excluding diaryl/α,β-unsaturated/α-hetero) is 1. The van der Waals surface area contributed by atoms with Gasteiger partial charge in [0.15, 0.2) is 0 Å². The molecule has 0 aliphatic carbocycles. The minimum absolute atomic E-state index is 0.0618. The fraction of sp³-hybridized carbons (Fsp3) is 0.139. The number of ether oxygens (including phenoxy) is 1. The van der Waals surface area contributed by atoms with Crippen LogP contribution in [-0.4, -0.2) is 58.8 Å². The number of nitrogens with zero attached hydrogens (tertiary/aromatic N) is 4. The molecule has 4 heterocycles. The van der Waals surface area contributed by atoms with Gasteiger partial charge in [0.05, 0.1) is 41.5 Å². The highest BCUT2D eigenvalue weighted by Gasteiger charge is 2.34. The van der Waals surface area contributed by atoms with Crippen LogP contribution < -0.4 is 4.90 Å². The van der Waals surface area contributed by atoms with Gasteiger partial charge < -0.3 is 9.64 Å². The second-order valence-corrected chi connectivity index (χ2v) is 10.7. The monoisotopic (exact) mass is 580 g/mol. The molecule has 1 fully saturated rings. The summed E-state index contributed by atoms with van der Waals surface area (Å²) in [7, 11) is 0. The zero-order valence-corrected chi connectivity index (χ0v) is 24.1. The van der Waals surface area contributed by atoms with E-state index in [9.17, 15) is 14.4 Å². The molecule has 0 radical (unpaired) electrons. The third-order valence-electron chi connectivity index (χ3n) is 7.98. The molecule has 2 aromatic heterocycles. The van der Waals surface area contributed by atoms with Crippen molar-refractivity contribution in [1.29, 1.82) is 0 Å². The third-order valence-corrected chi connectivity index (χ3v) is 7.98. The molecular weight excluding hydrogens is 552 g/mol. The van der Waals surface area contributed by atoms with Crippen LogP contribution in [0.4, 0.5) is 5.69 Å². The highest BCUT2D eigenvalue weighted by molar-refractivity contribution is 6.26. The van der Waals surface area contributed by atoms with Gasteiger partial charge in [0.25, 0.3) is 5.91 Å². The zero-order valence-electron chi connectivity index (χ0n) is 24.1. The van der Waals surface area contributed by atoms with Crippen molar-refractivity contribution in [3.63, 3.8) is 0 Å². The molecule has 0 saturated carbocycles. The Morgan fingerprint density at radius 3 is 2.39 bits per heavy atom. The Kier molecular flexibility index (Phi) is 7.04. The second kappa shape index (κ2) is 11.3. The van der Waals surface area contributed by atoms with Crippen molar-refractivity contribution in [3.8, 4) is 22.4 Å². The van der Waals surface area contributed by atoms with Crippen molar-refractivity contribution in [2.45, 2.75) is 6.92 Å². The van der Waals surface area contributed by atoms with E-state index in [1.54, 1.807) is 47.5 Å². The number of para-hydroxylation sites is 1. The summed E-state index contributed by atoms with van der Waals surface area (Å²) in [6.45, 7) is 3.55. The molecule has 8 nitrogen and oxygen atoms in total. The largest absolute Gasteiger partial charge is 0.378 e. The number of benzene rings is 3. The summed E-state index contributed by atoms with van der Waals surface area (Å²) in [5, 5.41) is 0.779. The van der Waals surface area contributed by atoms with Gasteiger partial charge in [-0.1, -0.05) is 48.5 Å². The van der Waals surface area contributed by atoms with Gasteiger partial charge in [-0.25, -0.2) is 4.98 Å². The second-order valence-electron chi connectivity index (χ2n) is 10.7. The van der Waals surface area contributed by atoms with Gasteiger partial charge in [0.2, 0.25) is 11.7 Å². The van der Waals surface area contributed by atoms with Gasteiger partial charge in [-0.15, -0.1) is 0 Å². The van der Waals surface area contributed by atoms with E-state index < -0.39 is 0 Å². The van der Waals surface area contributed by atoms with Gasteiger partial charge in [-0.3, -0.25) is 24.3 Å². The van der Waals surface area contributed by atoms with Crippen molar-refractivity contribution in [1.82, 2.24) is 14.9 Å². The molecule has 0 spiro atoms. The molecule has 0 unspecified atom stereocenters. The molecule has 2 aliphatic heterocycles. The van der Waals surface area contributed by atoms with Crippen LogP contribution in [0.15, 0.2) is 103 Å². The molecule has 1 saturated heterocycles. The fourth-order valence-corrected chi connectivity index (χ4v) is 5.91. The summed E-state index contributed by atoms with van der Waals surface area (Å²) < 4.78 is 5.44. The number of hydrogen-bond acceptors (Lipinski definition) is 6. The molecule has 3 aromatic carbocycles. The van der Waals surface area contributed by atoms with E-state index in [-0.39, 0.29) is 23.3 Å². The summed E-state index contributed by atoms with van der Waals surface area (Å²) in [5.41, 5.74) is 6.36. The zero-order chi connectivity index (χ0) is 30.2. The Balaban J connectivity index is 1.43. The summed E-state index contributed by atoms with van der Waals surface area (Å²) in [5.74, 6) is -0.564. The smallest absolute Gasteiger partial charge is 0.254 e. The Hall–Kier alpha value is -5.47. The number of amides is 2. The Morgan fingerprint density at radius 1 is 0.841 bits per heavy atom. The molecular formula is C36H28N4O4. The number of morpholine rings is 1. The maximum atomic E-state index is 13.5. The first kappa shape index (κ1) is 27.4. The van der Waals surface area contributed by atoms with E-state index in [4.69, 9.17) is 14.7 Å². The number of rotatable bonds is 4. The SMILES string of the molecule is CC(=O)N1C(=Cc2cc(-c3cccnc3-c3ccccc3)c3cc(C(=O)N4CCOCC4)ccc3n2)C(=O)c2ccccc21. The van der Waals surface area contributed by atoms with Crippen LogP contribution in [0, 0.1) is 0 Å². The summed E-state index contributed by atoms with van der Waals surface area (Å²) >= 11 is 0. The first-order valence-corrected chi connectivity index (χ1v) is 14.5. The molecule has 7 rings (SSSR count). The third kappa shape index (κ3) is 4.85. The van der Waals surface area contributed by atoms with Gasteiger partial charge >= 0.3 is 0 Å². The lowest BCUT2D eigenvalue weighted by molar-refractivity contribution is -0.116. The predicted octanol–water partition coefficient (Wildman–Crippen LogP) is 6.03. The Bertz CT molecular complexity index is 1980. The fourth-order valence-electron chi connectivity index (χ4n) is 5.91. The molecule has 5 aromatic rings. The molecule has 216 valence electrons. The van der Waals surface area contributed by atoms with Crippen molar-refractivity contribution < 1.29 is 19.1 Å². The minimum atomic E-state index is -0.263. The van der Waals surface area contributed by atoms with E-state index >= 15 is 0 Å². The number of allylic oxidation sites excluding steroid dienone is 1. The van der Waals surface area contributed by atoms with Gasteiger partial charge in [0.1, 0.15) is 0 Å². The highest BCUT2D eigenvalue weighted by Crippen LogP contribution is 2.38. The van der Waals surface area contributed by atoms with Crippen LogP contribution in [0.1, 0.15) is 33.3 Å². The lowest BCUT2D eigenvalue weighted by Gasteiger charge is -2.27. The maximum absolute atomic E-state index is 13.5. The molecule has 0 bridgehead atoms. The van der Waals surface area contributed by atoms with Crippen LogP contribution in [0.3, 0.4) is 0 Å². The van der Waals surface area contributed by atoms with Gasteiger partial charge in [-0.2, -0.15) is 0 Å². The number of aromatic nitrogens is 2. The molecule has 44 heavy (non-hydrogen) atoms. The number of anilines is 1. The van der Waals surface area contributed by atoms with Crippen LogP contribution in [0.5, 0.6) is 0 Å². The number of carbonyl (C=O) groups excluding carboxylic acids is 3. The number of carbonyl (C=O) groups is 3. The summed E-state index contributed by atoms with van der Waals surface area (Å²) in [4.78, 5) is 52.6.